The Morgan fingerprint density at radius 1 is 1.21 bits per heavy atom. The van der Waals surface area contributed by atoms with Gasteiger partial charge in [-0.2, -0.15) is 13.2 Å². The van der Waals surface area contributed by atoms with E-state index in [0.717, 1.165) is 6.20 Å². The summed E-state index contributed by atoms with van der Waals surface area (Å²) in [6.07, 6.45) is -3.55. The van der Waals surface area contributed by atoms with E-state index in [1.54, 1.807) is 22.8 Å². The first kappa shape index (κ1) is 21.7. The molecule has 9 heteroatoms. The number of nitrogens with zero attached hydrogens (tertiary/aromatic N) is 2. The topological polar surface area (TPSA) is 72.4 Å². The molecule has 1 saturated carbocycles. The average molecular weight is 473 g/mol. The van der Waals surface area contributed by atoms with E-state index in [1.165, 1.54) is 0 Å². The lowest BCUT2D eigenvalue weighted by molar-refractivity contribution is -0.0972. The van der Waals surface area contributed by atoms with E-state index >= 15 is 0 Å². The van der Waals surface area contributed by atoms with E-state index in [2.05, 4.69) is 10.3 Å². The SMILES string of the molecule is C[C@H](NC1=NC=C(C(F)(F)F)C2(N)CC12)c1cc2cccc(Cl)c2c(=O)n1-c1ccccc1. The van der Waals surface area contributed by atoms with Crippen LogP contribution in [0.4, 0.5) is 13.2 Å². The smallest absolute Gasteiger partial charge is 0.365 e. The minimum Gasteiger partial charge on any atom is -0.365 e. The van der Waals surface area contributed by atoms with Crippen molar-refractivity contribution in [3.63, 3.8) is 0 Å². The molecule has 170 valence electrons. The van der Waals surface area contributed by atoms with E-state index in [4.69, 9.17) is 17.3 Å². The average Bonchev–Trinajstić information content (AvgIpc) is 3.46. The number of nitrogens with one attached hydrogen (secondary N) is 1. The maximum absolute atomic E-state index is 13.5. The Balaban J connectivity index is 1.60. The van der Waals surface area contributed by atoms with E-state index in [1.807, 2.05) is 43.3 Å². The third kappa shape index (κ3) is 3.54. The number of alkyl halides is 3. The number of hydrogen-bond donors (Lipinski definition) is 2. The first-order valence-electron chi connectivity index (χ1n) is 10.4. The molecule has 2 heterocycles. The number of aromatic nitrogens is 1. The minimum atomic E-state index is -4.52. The zero-order valence-corrected chi connectivity index (χ0v) is 18.3. The van der Waals surface area contributed by atoms with Gasteiger partial charge in [0.05, 0.1) is 27.6 Å². The number of aliphatic imine (C=N–C) groups is 1. The van der Waals surface area contributed by atoms with Gasteiger partial charge in [-0.3, -0.25) is 9.36 Å². The molecule has 3 aromatic rings. The van der Waals surface area contributed by atoms with Crippen molar-refractivity contribution in [3.05, 3.63) is 87.4 Å². The Kier molecular flexibility index (Phi) is 4.91. The molecular weight excluding hydrogens is 453 g/mol. The van der Waals surface area contributed by atoms with Crippen LogP contribution < -0.4 is 16.6 Å². The molecule has 1 fully saturated rings. The van der Waals surface area contributed by atoms with Crippen LogP contribution in [-0.2, 0) is 0 Å². The summed E-state index contributed by atoms with van der Waals surface area (Å²) in [5.41, 5.74) is 4.77. The molecule has 2 aliphatic rings. The van der Waals surface area contributed by atoms with Crippen LogP contribution in [0.2, 0.25) is 5.02 Å². The van der Waals surface area contributed by atoms with Crippen LogP contribution in [0.15, 0.2) is 76.2 Å². The fourth-order valence-electron chi connectivity index (χ4n) is 4.53. The van der Waals surface area contributed by atoms with Gasteiger partial charge in [0.15, 0.2) is 0 Å². The van der Waals surface area contributed by atoms with Gasteiger partial charge in [-0.15, -0.1) is 0 Å². The fraction of sp³-hybridized carbons (Fsp3) is 0.250. The van der Waals surface area contributed by atoms with Gasteiger partial charge in [0, 0.05) is 23.5 Å². The van der Waals surface area contributed by atoms with Crippen molar-refractivity contribution in [2.75, 3.05) is 0 Å². The maximum atomic E-state index is 13.5. The van der Waals surface area contributed by atoms with Crippen molar-refractivity contribution in [3.8, 4) is 5.69 Å². The van der Waals surface area contributed by atoms with Gasteiger partial charge in [-0.1, -0.05) is 41.9 Å². The molecule has 0 radical (unpaired) electrons. The standard InChI is InChI=1S/C24H20ClF3N4O/c1-13(31-21-16-11-23(16,29)19(12-30-21)24(26,27)28)18-10-14-6-5-9-17(25)20(14)22(33)32(18)15-7-3-2-4-8-15/h2-10,12-13,16H,11,29H2,1H3,(H,30,31)/t13-,16?,23?/m0/s1. The summed E-state index contributed by atoms with van der Waals surface area (Å²) in [5, 5.41) is 4.63. The molecule has 2 aromatic carbocycles. The highest BCUT2D eigenvalue weighted by atomic mass is 35.5. The highest BCUT2D eigenvalue weighted by molar-refractivity contribution is 6.35. The van der Waals surface area contributed by atoms with Gasteiger partial charge >= 0.3 is 6.18 Å². The molecule has 1 aliphatic carbocycles. The van der Waals surface area contributed by atoms with Crippen molar-refractivity contribution in [2.24, 2.45) is 16.6 Å². The maximum Gasteiger partial charge on any atom is 0.415 e. The second kappa shape index (κ2) is 7.46. The minimum absolute atomic E-state index is 0.162. The summed E-state index contributed by atoms with van der Waals surface area (Å²) in [6, 6.07) is 15.7. The third-order valence-corrected chi connectivity index (χ3v) is 6.64. The zero-order valence-electron chi connectivity index (χ0n) is 17.5. The monoisotopic (exact) mass is 472 g/mol. The lowest BCUT2D eigenvalue weighted by Crippen LogP contribution is -2.42. The van der Waals surface area contributed by atoms with Crippen LogP contribution in [0.5, 0.6) is 0 Å². The van der Waals surface area contributed by atoms with E-state index in [-0.39, 0.29) is 12.0 Å². The summed E-state index contributed by atoms with van der Waals surface area (Å²) >= 11 is 6.34. The van der Waals surface area contributed by atoms with E-state index in [0.29, 0.717) is 33.0 Å². The molecule has 0 saturated heterocycles. The number of hydrogen-bond acceptors (Lipinski definition) is 4. The van der Waals surface area contributed by atoms with Crippen LogP contribution in [-0.4, -0.2) is 22.1 Å². The number of para-hydroxylation sites is 1. The molecule has 0 bridgehead atoms. The predicted molar refractivity (Wildman–Crippen MR) is 123 cm³/mol. The first-order valence-corrected chi connectivity index (χ1v) is 10.8. The van der Waals surface area contributed by atoms with Gasteiger partial charge in [0.1, 0.15) is 5.84 Å². The number of rotatable bonds is 3. The Bertz CT molecular complexity index is 1380. The second-order valence-electron chi connectivity index (χ2n) is 8.47. The molecule has 33 heavy (non-hydrogen) atoms. The van der Waals surface area contributed by atoms with Crippen LogP contribution in [0.1, 0.15) is 25.1 Å². The number of halogens is 4. The zero-order chi connectivity index (χ0) is 23.5. The predicted octanol–water partition coefficient (Wildman–Crippen LogP) is 4.87. The van der Waals surface area contributed by atoms with Crippen molar-refractivity contribution < 1.29 is 13.2 Å². The van der Waals surface area contributed by atoms with Crippen LogP contribution in [0.3, 0.4) is 0 Å². The Morgan fingerprint density at radius 3 is 2.64 bits per heavy atom. The third-order valence-electron chi connectivity index (χ3n) is 6.32. The molecule has 2 unspecified atom stereocenters. The van der Waals surface area contributed by atoms with E-state index in [9.17, 15) is 18.0 Å². The van der Waals surface area contributed by atoms with Crippen molar-refractivity contribution in [2.45, 2.75) is 31.1 Å². The fourth-order valence-corrected chi connectivity index (χ4v) is 4.80. The molecule has 1 aliphatic heterocycles. The summed E-state index contributed by atoms with van der Waals surface area (Å²) in [5.74, 6) is -0.162. The molecule has 5 nitrogen and oxygen atoms in total. The number of pyridine rings is 1. The quantitative estimate of drug-likeness (QED) is 0.571. The summed E-state index contributed by atoms with van der Waals surface area (Å²) < 4.78 is 41.5. The normalized spacial score (nSPS) is 22.9. The van der Waals surface area contributed by atoms with Gasteiger partial charge in [-0.05, 0) is 43.0 Å². The Morgan fingerprint density at radius 2 is 1.94 bits per heavy atom. The molecular formula is C24H20ClF3N4O. The van der Waals surface area contributed by atoms with Crippen molar-refractivity contribution in [1.82, 2.24) is 9.88 Å². The van der Waals surface area contributed by atoms with Gasteiger partial charge < -0.3 is 11.1 Å². The number of nitrogens with two attached hydrogens (primary N) is 1. The van der Waals surface area contributed by atoms with Crippen LogP contribution in [0.25, 0.3) is 16.5 Å². The lowest BCUT2D eigenvalue weighted by Gasteiger charge is -2.26. The number of fused-ring (bicyclic) bond motifs is 2. The highest BCUT2D eigenvalue weighted by Crippen LogP contribution is 2.54. The van der Waals surface area contributed by atoms with Gasteiger partial charge in [-0.25, -0.2) is 4.99 Å². The molecule has 3 N–H and O–H groups in total. The molecule has 1 aromatic heterocycles. The van der Waals surface area contributed by atoms with Crippen molar-refractivity contribution >= 4 is 28.2 Å². The summed E-state index contributed by atoms with van der Waals surface area (Å²) in [4.78, 5) is 17.6. The first-order chi connectivity index (χ1) is 15.6. The molecule has 0 amide bonds. The molecule has 5 rings (SSSR count). The molecule has 0 spiro atoms. The Labute approximate surface area is 192 Å². The van der Waals surface area contributed by atoms with Gasteiger partial charge in [0.25, 0.3) is 5.56 Å². The van der Waals surface area contributed by atoms with Gasteiger partial charge in [0.2, 0.25) is 0 Å². The second-order valence-corrected chi connectivity index (χ2v) is 8.87. The summed E-state index contributed by atoms with van der Waals surface area (Å²) in [6.45, 7) is 1.83. The molecule has 3 atom stereocenters. The largest absolute Gasteiger partial charge is 0.415 e. The van der Waals surface area contributed by atoms with Crippen molar-refractivity contribution in [1.29, 1.82) is 0 Å². The number of benzene rings is 2. The number of amidine groups is 1. The Hall–Kier alpha value is -3.10. The highest BCUT2D eigenvalue weighted by Gasteiger charge is 2.64. The lowest BCUT2D eigenvalue weighted by atomic mass is 10.0. The van der Waals surface area contributed by atoms with E-state index < -0.39 is 29.2 Å². The van der Waals surface area contributed by atoms with Crippen LogP contribution >= 0.6 is 11.6 Å². The summed E-state index contributed by atoms with van der Waals surface area (Å²) in [7, 11) is 0. The van der Waals surface area contributed by atoms with Crippen LogP contribution in [0, 0.1) is 5.92 Å².